The van der Waals surface area contributed by atoms with Crippen molar-refractivity contribution < 1.29 is 4.92 Å². The molecule has 2 rings (SSSR count). The molecule has 0 spiro atoms. The van der Waals surface area contributed by atoms with Crippen molar-refractivity contribution in [2.24, 2.45) is 0 Å². The molecule has 0 aliphatic carbocycles. The molecule has 1 aromatic carbocycles. The first-order chi connectivity index (χ1) is 8.50. The molecule has 6 nitrogen and oxygen atoms in total. The van der Waals surface area contributed by atoms with Gasteiger partial charge in [-0.05, 0) is 19.4 Å². The second-order valence-corrected chi connectivity index (χ2v) is 4.21. The molecular formula is C12H14N4O2. The molecule has 2 N–H and O–H groups in total. The van der Waals surface area contributed by atoms with E-state index in [0.29, 0.717) is 0 Å². The zero-order valence-electron chi connectivity index (χ0n) is 10.2. The van der Waals surface area contributed by atoms with E-state index in [2.05, 4.69) is 5.10 Å². The lowest BCUT2D eigenvalue weighted by molar-refractivity contribution is -0.384. The maximum Gasteiger partial charge on any atom is 0.330 e. The highest BCUT2D eigenvalue weighted by Crippen LogP contribution is 2.27. The highest BCUT2D eigenvalue weighted by Gasteiger charge is 2.21. The Morgan fingerprint density at radius 2 is 2.22 bits per heavy atom. The molecular weight excluding hydrogens is 232 g/mol. The minimum atomic E-state index is -0.526. The van der Waals surface area contributed by atoms with Gasteiger partial charge in [-0.3, -0.25) is 10.1 Å². The van der Waals surface area contributed by atoms with E-state index in [4.69, 9.17) is 5.73 Å². The summed E-state index contributed by atoms with van der Waals surface area (Å²) in [5.41, 5.74) is 7.72. The van der Waals surface area contributed by atoms with Crippen LogP contribution in [0.2, 0.25) is 0 Å². The van der Waals surface area contributed by atoms with Crippen LogP contribution in [-0.4, -0.2) is 14.7 Å². The Morgan fingerprint density at radius 1 is 1.50 bits per heavy atom. The monoisotopic (exact) mass is 246 g/mol. The van der Waals surface area contributed by atoms with Gasteiger partial charge in [-0.15, -0.1) is 0 Å². The number of nitrogens with zero attached hydrogens (tertiary/aromatic N) is 3. The first-order valence-corrected chi connectivity index (χ1v) is 5.54. The topological polar surface area (TPSA) is 87.0 Å². The van der Waals surface area contributed by atoms with Crippen molar-refractivity contribution in [3.8, 4) is 0 Å². The number of benzene rings is 1. The minimum absolute atomic E-state index is 0.0778. The second kappa shape index (κ2) is 4.48. The summed E-state index contributed by atoms with van der Waals surface area (Å²) >= 11 is 0. The standard InChI is InChI=1S/C12H14N4O2/c1-8-4-3-5-10(6-8)9(2)15-12(13)11(7-14-15)16(17)18/h3-7,9H,13H2,1-2H3. The van der Waals surface area contributed by atoms with Crippen LogP contribution in [0, 0.1) is 17.0 Å². The zero-order chi connectivity index (χ0) is 13.3. The molecule has 0 amide bonds. The Morgan fingerprint density at radius 3 is 2.78 bits per heavy atom. The van der Waals surface area contributed by atoms with Gasteiger partial charge in [0, 0.05) is 0 Å². The van der Waals surface area contributed by atoms with E-state index in [1.54, 1.807) is 0 Å². The van der Waals surface area contributed by atoms with Gasteiger partial charge in [-0.2, -0.15) is 5.10 Å². The molecule has 18 heavy (non-hydrogen) atoms. The van der Waals surface area contributed by atoms with E-state index in [9.17, 15) is 10.1 Å². The molecule has 0 bridgehead atoms. The van der Waals surface area contributed by atoms with Crippen molar-refractivity contribution in [2.75, 3.05) is 5.73 Å². The first-order valence-electron chi connectivity index (χ1n) is 5.54. The number of aryl methyl sites for hydroxylation is 1. The smallest absolute Gasteiger partial charge is 0.330 e. The molecule has 1 atom stereocenters. The molecule has 2 aromatic rings. The summed E-state index contributed by atoms with van der Waals surface area (Å²) < 4.78 is 1.47. The summed E-state index contributed by atoms with van der Waals surface area (Å²) in [7, 11) is 0. The number of nitrogens with two attached hydrogens (primary N) is 1. The molecule has 1 unspecified atom stereocenters. The fraction of sp³-hybridized carbons (Fsp3) is 0.250. The third-order valence-electron chi connectivity index (χ3n) is 2.90. The molecule has 0 fully saturated rings. The summed E-state index contributed by atoms with van der Waals surface area (Å²) in [6.45, 7) is 3.90. The first kappa shape index (κ1) is 12.1. The number of nitro groups is 1. The maximum atomic E-state index is 10.7. The molecule has 1 heterocycles. The van der Waals surface area contributed by atoms with Gasteiger partial charge in [-0.25, -0.2) is 4.68 Å². The van der Waals surface area contributed by atoms with Crippen LogP contribution in [0.5, 0.6) is 0 Å². The van der Waals surface area contributed by atoms with Crippen molar-refractivity contribution >= 4 is 11.5 Å². The quantitative estimate of drug-likeness (QED) is 0.664. The number of anilines is 1. The summed E-state index contributed by atoms with van der Waals surface area (Å²) in [4.78, 5) is 10.2. The SMILES string of the molecule is Cc1cccc(C(C)n2ncc([N+](=O)[O-])c2N)c1. The lowest BCUT2D eigenvalue weighted by Gasteiger charge is -2.14. The van der Waals surface area contributed by atoms with Crippen molar-refractivity contribution in [3.63, 3.8) is 0 Å². The molecule has 0 saturated carbocycles. The average Bonchev–Trinajstić information content (AvgIpc) is 2.70. The second-order valence-electron chi connectivity index (χ2n) is 4.21. The Kier molecular flexibility index (Phi) is 3.01. The molecule has 0 saturated heterocycles. The van der Waals surface area contributed by atoms with E-state index in [1.807, 2.05) is 38.1 Å². The summed E-state index contributed by atoms with van der Waals surface area (Å²) in [6, 6.07) is 7.75. The van der Waals surface area contributed by atoms with Crippen LogP contribution in [0.3, 0.4) is 0 Å². The van der Waals surface area contributed by atoms with Gasteiger partial charge in [0.05, 0.1) is 11.0 Å². The predicted molar refractivity (Wildman–Crippen MR) is 68.3 cm³/mol. The lowest BCUT2D eigenvalue weighted by atomic mass is 10.1. The van der Waals surface area contributed by atoms with Crippen molar-refractivity contribution in [1.82, 2.24) is 9.78 Å². The largest absolute Gasteiger partial charge is 0.378 e. The fourth-order valence-corrected chi connectivity index (χ4v) is 1.88. The van der Waals surface area contributed by atoms with E-state index in [0.717, 1.165) is 11.1 Å². The van der Waals surface area contributed by atoms with Crippen molar-refractivity contribution in [2.45, 2.75) is 19.9 Å². The third-order valence-corrected chi connectivity index (χ3v) is 2.90. The van der Waals surface area contributed by atoms with Crippen LogP contribution >= 0.6 is 0 Å². The molecule has 1 aromatic heterocycles. The Balaban J connectivity index is 2.40. The van der Waals surface area contributed by atoms with E-state index in [1.165, 1.54) is 10.9 Å². The van der Waals surface area contributed by atoms with Gasteiger partial charge >= 0.3 is 5.69 Å². The molecule has 94 valence electrons. The van der Waals surface area contributed by atoms with E-state index < -0.39 is 4.92 Å². The zero-order valence-corrected chi connectivity index (χ0v) is 10.2. The van der Waals surface area contributed by atoms with Crippen LogP contribution in [0.1, 0.15) is 24.1 Å². The molecule has 0 aliphatic rings. The number of hydrogen-bond donors (Lipinski definition) is 1. The average molecular weight is 246 g/mol. The van der Waals surface area contributed by atoms with Gasteiger partial charge in [0.15, 0.2) is 0 Å². The summed E-state index contributed by atoms with van der Waals surface area (Å²) in [5.74, 6) is 0.0778. The Bertz CT molecular complexity index is 592. The molecule has 0 radical (unpaired) electrons. The van der Waals surface area contributed by atoms with Crippen LogP contribution in [0.25, 0.3) is 0 Å². The fourth-order valence-electron chi connectivity index (χ4n) is 1.88. The Hall–Kier alpha value is -2.37. The van der Waals surface area contributed by atoms with Gasteiger partial charge in [0.2, 0.25) is 5.82 Å². The third kappa shape index (κ3) is 2.04. The highest BCUT2D eigenvalue weighted by atomic mass is 16.6. The number of nitrogen functional groups attached to an aromatic ring is 1. The van der Waals surface area contributed by atoms with Crippen LogP contribution in [0.4, 0.5) is 11.5 Å². The predicted octanol–water partition coefficient (Wildman–Crippen LogP) is 2.29. The van der Waals surface area contributed by atoms with E-state index in [-0.39, 0.29) is 17.5 Å². The van der Waals surface area contributed by atoms with E-state index >= 15 is 0 Å². The highest BCUT2D eigenvalue weighted by molar-refractivity contribution is 5.52. The van der Waals surface area contributed by atoms with Gasteiger partial charge in [0.25, 0.3) is 0 Å². The van der Waals surface area contributed by atoms with Crippen LogP contribution < -0.4 is 5.73 Å². The Labute approximate surface area is 104 Å². The molecule has 0 aliphatic heterocycles. The van der Waals surface area contributed by atoms with Crippen molar-refractivity contribution in [1.29, 1.82) is 0 Å². The van der Waals surface area contributed by atoms with Gasteiger partial charge < -0.3 is 5.73 Å². The molecule has 6 heteroatoms. The lowest BCUT2D eigenvalue weighted by Crippen LogP contribution is -2.12. The number of hydrogen-bond acceptors (Lipinski definition) is 4. The summed E-state index contributed by atoms with van der Waals surface area (Å²) in [5, 5.41) is 14.7. The number of rotatable bonds is 3. The van der Waals surface area contributed by atoms with Gasteiger partial charge in [0.1, 0.15) is 6.20 Å². The number of aromatic nitrogens is 2. The maximum absolute atomic E-state index is 10.7. The van der Waals surface area contributed by atoms with Crippen LogP contribution in [0.15, 0.2) is 30.5 Å². The van der Waals surface area contributed by atoms with Gasteiger partial charge in [-0.1, -0.05) is 29.8 Å². The van der Waals surface area contributed by atoms with Crippen molar-refractivity contribution in [3.05, 3.63) is 51.7 Å². The summed E-state index contributed by atoms with van der Waals surface area (Å²) in [6.07, 6.45) is 1.18. The van der Waals surface area contributed by atoms with Crippen LogP contribution in [-0.2, 0) is 0 Å². The minimum Gasteiger partial charge on any atom is -0.378 e. The normalized spacial score (nSPS) is 12.3.